The summed E-state index contributed by atoms with van der Waals surface area (Å²) in [5.41, 5.74) is 9.19. The summed E-state index contributed by atoms with van der Waals surface area (Å²) in [7, 11) is 0. The molecule has 1 atom stereocenters. The largest absolute Gasteiger partial charge is 0.383 e. The van der Waals surface area contributed by atoms with Crippen LogP contribution in [0.15, 0.2) is 49.1 Å². The van der Waals surface area contributed by atoms with Gasteiger partial charge in [-0.2, -0.15) is 9.61 Å². The summed E-state index contributed by atoms with van der Waals surface area (Å²) in [5.74, 6) is -2.10. The van der Waals surface area contributed by atoms with Crippen LogP contribution in [0.5, 0.6) is 0 Å². The fraction of sp³-hybridized carbons (Fsp3) is 0.300. The Morgan fingerprint density at radius 3 is 2.58 bits per heavy atom. The van der Waals surface area contributed by atoms with Crippen LogP contribution in [0, 0.1) is 11.6 Å². The molecule has 0 saturated heterocycles. The fourth-order valence-electron chi connectivity index (χ4n) is 5.27. The van der Waals surface area contributed by atoms with Gasteiger partial charge in [0.25, 0.3) is 5.91 Å². The zero-order valence-corrected chi connectivity index (χ0v) is 24.0. The van der Waals surface area contributed by atoms with E-state index < -0.39 is 11.6 Å². The number of hydrogen-bond acceptors (Lipinski definition) is 8. The first kappa shape index (κ1) is 29.4. The number of Topliss-reactive ketones (excluding diaryl/α,β-unsaturated/α-hetero) is 1. The van der Waals surface area contributed by atoms with E-state index in [0.717, 1.165) is 12.5 Å². The van der Waals surface area contributed by atoms with E-state index in [2.05, 4.69) is 25.3 Å². The number of benzene rings is 1. The lowest BCUT2D eigenvalue weighted by Gasteiger charge is -2.30. The van der Waals surface area contributed by atoms with Crippen LogP contribution in [0.3, 0.4) is 0 Å². The van der Waals surface area contributed by atoms with Gasteiger partial charge < -0.3 is 15.6 Å². The molecule has 0 saturated carbocycles. The number of rotatable bonds is 11. The first-order valence-electron chi connectivity index (χ1n) is 14.0. The summed E-state index contributed by atoms with van der Waals surface area (Å²) in [4.78, 5) is 39.6. The van der Waals surface area contributed by atoms with Crippen LogP contribution >= 0.6 is 0 Å². The number of aromatic amines is 1. The van der Waals surface area contributed by atoms with Crippen molar-refractivity contribution in [2.45, 2.75) is 52.5 Å². The predicted octanol–water partition coefficient (Wildman–Crippen LogP) is 4.90. The van der Waals surface area contributed by atoms with E-state index in [1.807, 2.05) is 13.8 Å². The van der Waals surface area contributed by atoms with E-state index in [1.54, 1.807) is 23.2 Å². The van der Waals surface area contributed by atoms with Crippen molar-refractivity contribution in [2.24, 2.45) is 0 Å². The molecule has 3 N–H and O–H groups in total. The molecule has 1 amide bonds. The molecule has 4 aromatic heterocycles. The predicted molar refractivity (Wildman–Crippen MR) is 156 cm³/mol. The molecule has 0 unspecified atom stereocenters. The second-order valence-electron chi connectivity index (χ2n) is 10.1. The highest BCUT2D eigenvalue weighted by Gasteiger charge is 2.27. The van der Waals surface area contributed by atoms with Gasteiger partial charge in [-0.25, -0.2) is 13.8 Å². The Balaban J connectivity index is 1.48. The summed E-state index contributed by atoms with van der Waals surface area (Å²) in [6.07, 6.45) is 6.79. The number of carbonyl (C=O) groups is 2. The molecule has 0 spiro atoms. The SMILES string of the molecule is CCCN(C(=O)c1nnc[nH]1)[C@H](CC)CCc1nc2c(-c3ccc(-c4cccc(F)c4F)nc3)cnn2c(N)c1C(C)=O. The van der Waals surface area contributed by atoms with Gasteiger partial charge in [-0.1, -0.05) is 26.0 Å². The second-order valence-corrected chi connectivity index (χ2v) is 10.1. The van der Waals surface area contributed by atoms with Crippen molar-refractivity contribution < 1.29 is 18.4 Å². The minimum atomic E-state index is -0.972. The molecular weight excluding hydrogens is 556 g/mol. The number of nitrogens with two attached hydrogens (primary N) is 1. The van der Waals surface area contributed by atoms with Crippen LogP contribution in [-0.2, 0) is 6.42 Å². The van der Waals surface area contributed by atoms with Crippen molar-refractivity contribution in [3.8, 4) is 22.4 Å². The van der Waals surface area contributed by atoms with Crippen LogP contribution in [0.1, 0.15) is 66.7 Å². The third kappa shape index (κ3) is 5.70. The normalized spacial score (nSPS) is 12.0. The summed E-state index contributed by atoms with van der Waals surface area (Å²) in [6.45, 7) is 5.95. The van der Waals surface area contributed by atoms with E-state index in [0.29, 0.717) is 48.3 Å². The van der Waals surface area contributed by atoms with Crippen molar-refractivity contribution in [3.63, 3.8) is 0 Å². The molecule has 0 aliphatic heterocycles. The Labute approximate surface area is 246 Å². The van der Waals surface area contributed by atoms with E-state index in [4.69, 9.17) is 10.7 Å². The van der Waals surface area contributed by atoms with Gasteiger partial charge in [0.15, 0.2) is 23.1 Å². The van der Waals surface area contributed by atoms with E-state index in [9.17, 15) is 18.4 Å². The van der Waals surface area contributed by atoms with Crippen LogP contribution < -0.4 is 5.73 Å². The molecule has 0 aliphatic carbocycles. The lowest BCUT2D eigenvalue weighted by molar-refractivity contribution is 0.0650. The number of aromatic nitrogens is 7. The molecular formula is C30H31F2N9O2. The van der Waals surface area contributed by atoms with Crippen LogP contribution in [0.2, 0.25) is 0 Å². The molecule has 1 aromatic carbocycles. The zero-order chi connectivity index (χ0) is 30.7. The molecule has 222 valence electrons. The summed E-state index contributed by atoms with van der Waals surface area (Å²) in [6, 6.07) is 7.08. The van der Waals surface area contributed by atoms with Gasteiger partial charge in [0.2, 0.25) is 5.82 Å². The van der Waals surface area contributed by atoms with Gasteiger partial charge >= 0.3 is 0 Å². The molecule has 5 rings (SSSR count). The number of nitrogen functional groups attached to an aromatic ring is 1. The average molecular weight is 588 g/mol. The molecule has 43 heavy (non-hydrogen) atoms. The highest BCUT2D eigenvalue weighted by atomic mass is 19.2. The van der Waals surface area contributed by atoms with E-state index >= 15 is 0 Å². The van der Waals surface area contributed by atoms with Gasteiger partial charge in [-0.05, 0) is 50.8 Å². The molecule has 0 fully saturated rings. The molecule has 5 aromatic rings. The minimum absolute atomic E-state index is 0.0477. The first-order chi connectivity index (χ1) is 20.7. The third-order valence-electron chi connectivity index (χ3n) is 7.38. The van der Waals surface area contributed by atoms with Crippen molar-refractivity contribution in [2.75, 3.05) is 12.3 Å². The minimum Gasteiger partial charge on any atom is -0.383 e. The van der Waals surface area contributed by atoms with Crippen LogP contribution in [0.25, 0.3) is 28.0 Å². The number of ketones is 1. The smallest absolute Gasteiger partial charge is 0.291 e. The quantitative estimate of drug-likeness (QED) is 0.207. The Kier molecular flexibility index (Phi) is 8.51. The number of fused-ring (bicyclic) bond motifs is 1. The Morgan fingerprint density at radius 1 is 1.12 bits per heavy atom. The molecule has 0 aliphatic rings. The number of anilines is 1. The maximum Gasteiger partial charge on any atom is 0.291 e. The summed E-state index contributed by atoms with van der Waals surface area (Å²) in [5, 5.41) is 12.0. The van der Waals surface area contributed by atoms with Gasteiger partial charge in [0.1, 0.15) is 12.1 Å². The highest BCUT2D eigenvalue weighted by Crippen LogP contribution is 2.30. The number of carbonyl (C=O) groups excluding carboxylic acids is 2. The topological polar surface area (TPSA) is 148 Å². The molecule has 0 bridgehead atoms. The van der Waals surface area contributed by atoms with Gasteiger partial charge in [0.05, 0.1) is 23.1 Å². The highest BCUT2D eigenvalue weighted by molar-refractivity contribution is 6.00. The second kappa shape index (κ2) is 12.4. The first-order valence-corrected chi connectivity index (χ1v) is 14.0. The third-order valence-corrected chi connectivity index (χ3v) is 7.38. The summed E-state index contributed by atoms with van der Waals surface area (Å²) >= 11 is 0. The van der Waals surface area contributed by atoms with Gasteiger partial charge in [-0.3, -0.25) is 14.6 Å². The molecule has 4 heterocycles. The van der Waals surface area contributed by atoms with Crippen molar-refractivity contribution in [3.05, 3.63) is 77.8 Å². The van der Waals surface area contributed by atoms with Gasteiger partial charge in [0, 0.05) is 35.5 Å². The number of H-pyrrole nitrogens is 1. The number of halogens is 2. The van der Waals surface area contributed by atoms with Crippen molar-refractivity contribution in [1.82, 2.24) is 39.7 Å². The zero-order valence-electron chi connectivity index (χ0n) is 24.0. The summed E-state index contributed by atoms with van der Waals surface area (Å²) < 4.78 is 29.5. The van der Waals surface area contributed by atoms with Crippen molar-refractivity contribution >= 4 is 23.2 Å². The van der Waals surface area contributed by atoms with Crippen LogP contribution in [0.4, 0.5) is 14.6 Å². The fourth-order valence-corrected chi connectivity index (χ4v) is 5.27. The molecule has 11 nitrogen and oxygen atoms in total. The maximum absolute atomic E-state index is 14.3. The lowest BCUT2D eigenvalue weighted by atomic mass is 10.0. The van der Waals surface area contributed by atoms with Crippen LogP contribution in [-0.4, -0.2) is 63.9 Å². The Hall–Kier alpha value is -5.07. The molecule has 13 heteroatoms. The maximum atomic E-state index is 14.3. The lowest BCUT2D eigenvalue weighted by Crippen LogP contribution is -2.41. The number of amides is 1. The monoisotopic (exact) mass is 587 g/mol. The number of hydrogen-bond donors (Lipinski definition) is 2. The van der Waals surface area contributed by atoms with Gasteiger partial charge in [-0.15, -0.1) is 10.2 Å². The number of aryl methyl sites for hydroxylation is 1. The Bertz CT molecular complexity index is 1770. The standard InChI is InChI=1S/C30H31F2N9O2/c1-4-13-40(30(43)28-35-16-36-39-28)19(5-2)10-12-24-25(17(3)42)27(33)41-29(38-24)21(15-37-41)18-9-11-23(34-14-18)20-7-6-8-22(31)26(20)32/h6-9,11,14-16,19H,4-5,10,12-13,33H2,1-3H3,(H,35,36,39)/t19-/m1/s1. The molecule has 0 radical (unpaired) electrons. The van der Waals surface area contributed by atoms with Crippen molar-refractivity contribution in [1.29, 1.82) is 0 Å². The number of nitrogens with one attached hydrogen (secondary N) is 1. The number of nitrogens with zero attached hydrogens (tertiary/aromatic N) is 7. The number of pyridine rings is 1. The van der Waals surface area contributed by atoms with E-state index in [1.165, 1.54) is 36.1 Å². The average Bonchev–Trinajstić information content (AvgIpc) is 3.69. The Morgan fingerprint density at radius 2 is 1.93 bits per heavy atom. The van der Waals surface area contributed by atoms with E-state index in [-0.39, 0.29) is 46.2 Å².